The van der Waals surface area contributed by atoms with Crippen LogP contribution in [0.3, 0.4) is 0 Å². The monoisotopic (exact) mass is 218 g/mol. The Balaban J connectivity index is 2.03. The van der Waals surface area contributed by atoms with E-state index >= 15 is 0 Å². The zero-order valence-electron chi connectivity index (χ0n) is 9.65. The lowest BCUT2D eigenvalue weighted by Crippen LogP contribution is -2.25. The van der Waals surface area contributed by atoms with Gasteiger partial charge in [0.05, 0.1) is 0 Å². The van der Waals surface area contributed by atoms with E-state index in [1.807, 2.05) is 11.0 Å². The van der Waals surface area contributed by atoms with Gasteiger partial charge in [-0.2, -0.15) is 0 Å². The predicted molar refractivity (Wildman–Crippen MR) is 63.8 cm³/mol. The normalized spacial score (nSPS) is 20.5. The Hall–Kier alpha value is -1.35. The fourth-order valence-corrected chi connectivity index (χ4v) is 2.20. The van der Waals surface area contributed by atoms with Crippen molar-refractivity contribution in [1.82, 2.24) is 4.90 Å². The molecule has 0 saturated carbocycles. The summed E-state index contributed by atoms with van der Waals surface area (Å²) < 4.78 is 0. The van der Waals surface area contributed by atoms with Crippen LogP contribution in [0.4, 0.5) is 0 Å². The lowest BCUT2D eigenvalue weighted by molar-refractivity contribution is -0.128. The summed E-state index contributed by atoms with van der Waals surface area (Å²) in [5, 5.41) is 0. The fourth-order valence-electron chi connectivity index (χ4n) is 2.20. The molecule has 1 aromatic rings. The highest BCUT2D eigenvalue weighted by Crippen LogP contribution is 2.19. The molecule has 0 aliphatic carbocycles. The van der Waals surface area contributed by atoms with Gasteiger partial charge in [0.15, 0.2) is 0 Å². The molecule has 1 aliphatic rings. The molecule has 3 nitrogen and oxygen atoms in total. The summed E-state index contributed by atoms with van der Waals surface area (Å²) in [6.45, 7) is 4.20. The smallest absolute Gasteiger partial charge is 0.223 e. The van der Waals surface area contributed by atoms with Gasteiger partial charge in [-0.1, -0.05) is 29.8 Å². The first-order chi connectivity index (χ1) is 7.69. The third-order valence-corrected chi connectivity index (χ3v) is 3.08. The van der Waals surface area contributed by atoms with Crippen molar-refractivity contribution in [2.75, 3.05) is 13.1 Å². The number of hydrogen-bond acceptors (Lipinski definition) is 2. The van der Waals surface area contributed by atoms with Gasteiger partial charge in [0.1, 0.15) is 0 Å². The lowest BCUT2D eigenvalue weighted by atomic mass is 10.1. The van der Waals surface area contributed by atoms with Crippen LogP contribution < -0.4 is 5.73 Å². The van der Waals surface area contributed by atoms with Gasteiger partial charge in [-0.05, 0) is 24.9 Å². The van der Waals surface area contributed by atoms with Crippen LogP contribution in [0.25, 0.3) is 0 Å². The minimum atomic E-state index is 0.233. The summed E-state index contributed by atoms with van der Waals surface area (Å²) in [6.07, 6.45) is 0.613. The van der Waals surface area contributed by atoms with Crippen LogP contribution in [0.2, 0.25) is 0 Å². The van der Waals surface area contributed by atoms with E-state index in [-0.39, 0.29) is 5.91 Å². The molecule has 1 fully saturated rings. The lowest BCUT2D eigenvalue weighted by Gasteiger charge is -2.16. The molecule has 16 heavy (non-hydrogen) atoms. The molecule has 0 radical (unpaired) electrons. The van der Waals surface area contributed by atoms with E-state index in [0.717, 1.165) is 13.1 Å². The Bertz CT molecular complexity index is 389. The van der Waals surface area contributed by atoms with Gasteiger partial charge >= 0.3 is 0 Å². The number of amides is 1. The molecule has 1 aromatic carbocycles. The second kappa shape index (κ2) is 4.66. The second-order valence-corrected chi connectivity index (χ2v) is 4.57. The van der Waals surface area contributed by atoms with E-state index in [2.05, 4.69) is 25.1 Å². The molecule has 1 amide bonds. The zero-order valence-corrected chi connectivity index (χ0v) is 9.65. The van der Waals surface area contributed by atoms with Crippen LogP contribution in [0, 0.1) is 12.8 Å². The number of carbonyl (C=O) groups excluding carboxylic acids is 1. The minimum absolute atomic E-state index is 0.233. The first-order valence-electron chi connectivity index (χ1n) is 5.72. The molecule has 0 spiro atoms. The van der Waals surface area contributed by atoms with E-state index in [1.165, 1.54) is 11.1 Å². The maximum absolute atomic E-state index is 11.7. The van der Waals surface area contributed by atoms with Gasteiger partial charge < -0.3 is 10.6 Å². The van der Waals surface area contributed by atoms with Gasteiger partial charge in [0.25, 0.3) is 0 Å². The highest BCUT2D eigenvalue weighted by molar-refractivity contribution is 5.78. The summed E-state index contributed by atoms with van der Waals surface area (Å²) in [5.74, 6) is 0.578. The Morgan fingerprint density at radius 1 is 1.50 bits per heavy atom. The van der Waals surface area contributed by atoms with E-state index in [9.17, 15) is 4.79 Å². The van der Waals surface area contributed by atoms with Crippen LogP contribution in [0.5, 0.6) is 0 Å². The third-order valence-electron chi connectivity index (χ3n) is 3.08. The topological polar surface area (TPSA) is 46.3 Å². The third kappa shape index (κ3) is 2.42. The van der Waals surface area contributed by atoms with E-state index in [0.29, 0.717) is 18.9 Å². The average molecular weight is 218 g/mol. The van der Waals surface area contributed by atoms with Crippen molar-refractivity contribution in [1.29, 1.82) is 0 Å². The SMILES string of the molecule is Cc1cccc(CN2CC(CN)CC2=O)c1. The summed E-state index contributed by atoms with van der Waals surface area (Å²) in [4.78, 5) is 13.6. The molecular weight excluding hydrogens is 200 g/mol. The van der Waals surface area contributed by atoms with Crippen LogP contribution in [0.1, 0.15) is 17.5 Å². The highest BCUT2D eigenvalue weighted by Gasteiger charge is 2.28. The van der Waals surface area contributed by atoms with Crippen molar-refractivity contribution in [3.8, 4) is 0 Å². The number of carbonyl (C=O) groups is 1. The molecule has 1 heterocycles. The molecule has 2 N–H and O–H groups in total. The van der Waals surface area contributed by atoms with Gasteiger partial charge in [-0.15, -0.1) is 0 Å². The van der Waals surface area contributed by atoms with Crippen molar-refractivity contribution in [3.63, 3.8) is 0 Å². The van der Waals surface area contributed by atoms with Crippen LogP contribution in [-0.4, -0.2) is 23.9 Å². The molecule has 1 aliphatic heterocycles. The molecule has 1 unspecified atom stereocenters. The number of likely N-dealkylation sites (tertiary alicyclic amines) is 1. The molecule has 2 rings (SSSR count). The first kappa shape index (κ1) is 11.1. The Labute approximate surface area is 96.2 Å². The predicted octanol–water partition coefficient (Wildman–Crippen LogP) is 1.30. The summed E-state index contributed by atoms with van der Waals surface area (Å²) in [6, 6.07) is 8.29. The van der Waals surface area contributed by atoms with Gasteiger partial charge in [0.2, 0.25) is 5.91 Å². The molecular formula is C13H18N2O. The van der Waals surface area contributed by atoms with Crippen molar-refractivity contribution < 1.29 is 4.79 Å². The zero-order chi connectivity index (χ0) is 11.5. The molecule has 1 saturated heterocycles. The van der Waals surface area contributed by atoms with E-state index < -0.39 is 0 Å². The maximum Gasteiger partial charge on any atom is 0.223 e. The van der Waals surface area contributed by atoms with Crippen molar-refractivity contribution in [3.05, 3.63) is 35.4 Å². The summed E-state index contributed by atoms with van der Waals surface area (Å²) in [5.41, 5.74) is 8.03. The van der Waals surface area contributed by atoms with Crippen molar-refractivity contribution >= 4 is 5.91 Å². The molecule has 3 heteroatoms. The Kier molecular flexibility index (Phi) is 3.25. The van der Waals surface area contributed by atoms with Crippen molar-refractivity contribution in [2.24, 2.45) is 11.7 Å². The van der Waals surface area contributed by atoms with Crippen LogP contribution in [-0.2, 0) is 11.3 Å². The molecule has 86 valence electrons. The summed E-state index contributed by atoms with van der Waals surface area (Å²) in [7, 11) is 0. The number of hydrogen-bond donors (Lipinski definition) is 1. The number of rotatable bonds is 3. The fraction of sp³-hybridized carbons (Fsp3) is 0.462. The van der Waals surface area contributed by atoms with Crippen molar-refractivity contribution in [2.45, 2.75) is 19.9 Å². The van der Waals surface area contributed by atoms with Crippen LogP contribution in [0.15, 0.2) is 24.3 Å². The quantitative estimate of drug-likeness (QED) is 0.831. The van der Waals surface area contributed by atoms with E-state index in [1.54, 1.807) is 0 Å². The number of aryl methyl sites for hydroxylation is 1. The Morgan fingerprint density at radius 2 is 2.31 bits per heavy atom. The molecule has 0 bridgehead atoms. The van der Waals surface area contributed by atoms with Crippen LogP contribution >= 0.6 is 0 Å². The second-order valence-electron chi connectivity index (χ2n) is 4.57. The van der Waals surface area contributed by atoms with E-state index in [4.69, 9.17) is 5.73 Å². The Morgan fingerprint density at radius 3 is 2.94 bits per heavy atom. The maximum atomic E-state index is 11.7. The minimum Gasteiger partial charge on any atom is -0.338 e. The number of nitrogens with two attached hydrogens (primary N) is 1. The average Bonchev–Trinajstić information content (AvgIpc) is 2.60. The first-order valence-corrected chi connectivity index (χ1v) is 5.72. The number of benzene rings is 1. The molecule has 0 aromatic heterocycles. The summed E-state index contributed by atoms with van der Waals surface area (Å²) >= 11 is 0. The molecule has 1 atom stereocenters. The highest BCUT2D eigenvalue weighted by atomic mass is 16.2. The van der Waals surface area contributed by atoms with Gasteiger partial charge in [0, 0.05) is 19.5 Å². The number of nitrogens with zero attached hydrogens (tertiary/aromatic N) is 1. The van der Waals surface area contributed by atoms with Gasteiger partial charge in [-0.3, -0.25) is 4.79 Å². The standard InChI is InChI=1S/C13H18N2O/c1-10-3-2-4-11(5-10)8-15-9-12(7-14)6-13(15)16/h2-5,12H,6-9,14H2,1H3. The van der Waals surface area contributed by atoms with Gasteiger partial charge in [-0.25, -0.2) is 0 Å². The largest absolute Gasteiger partial charge is 0.338 e.